The van der Waals surface area contributed by atoms with Crippen LogP contribution in [0.5, 0.6) is 0 Å². The van der Waals surface area contributed by atoms with Crippen LogP contribution >= 0.6 is 0 Å². The van der Waals surface area contributed by atoms with Crippen molar-refractivity contribution in [3.05, 3.63) is 0 Å². The van der Waals surface area contributed by atoms with Crippen molar-refractivity contribution in [2.45, 2.75) is 39.5 Å². The minimum atomic E-state index is -0.120. The van der Waals surface area contributed by atoms with Crippen molar-refractivity contribution in [3.8, 4) is 0 Å². The molecule has 0 bridgehead atoms. The fraction of sp³-hybridized carbons (Fsp3) is 0.857. The van der Waals surface area contributed by atoms with Crippen molar-refractivity contribution in [1.82, 2.24) is 10.2 Å². The first-order valence-corrected chi connectivity index (χ1v) is 7.28. The minimum Gasteiger partial charge on any atom is -0.466 e. The highest BCUT2D eigenvalue weighted by atomic mass is 16.5. The van der Waals surface area contributed by atoms with Gasteiger partial charge in [0.1, 0.15) is 0 Å². The van der Waals surface area contributed by atoms with Crippen molar-refractivity contribution in [2.24, 2.45) is 10.9 Å². The summed E-state index contributed by atoms with van der Waals surface area (Å²) in [4.78, 5) is 17.8. The Labute approximate surface area is 116 Å². The number of nitrogens with one attached hydrogen (secondary N) is 1. The first kappa shape index (κ1) is 15.8. The Kier molecular flexibility index (Phi) is 7.30. The molecule has 0 aromatic heterocycles. The Hall–Kier alpha value is -1.26. The Morgan fingerprint density at radius 2 is 2.32 bits per heavy atom. The van der Waals surface area contributed by atoms with E-state index in [-0.39, 0.29) is 5.97 Å². The number of esters is 1. The van der Waals surface area contributed by atoms with E-state index < -0.39 is 0 Å². The highest BCUT2D eigenvalue weighted by molar-refractivity contribution is 5.80. The number of hydrogen-bond donors (Lipinski definition) is 1. The molecule has 0 aromatic carbocycles. The van der Waals surface area contributed by atoms with E-state index >= 15 is 0 Å². The highest BCUT2D eigenvalue weighted by Crippen LogP contribution is 2.15. The van der Waals surface area contributed by atoms with E-state index in [1.165, 1.54) is 12.8 Å². The molecule has 1 rings (SSSR count). The van der Waals surface area contributed by atoms with Gasteiger partial charge in [0.05, 0.1) is 6.61 Å². The van der Waals surface area contributed by atoms with Gasteiger partial charge in [-0.05, 0) is 32.1 Å². The Balaban J connectivity index is 2.24. The molecule has 0 radical (unpaired) electrons. The van der Waals surface area contributed by atoms with Crippen molar-refractivity contribution in [1.29, 1.82) is 0 Å². The standard InChI is InChI=1S/C14H27N3O2/c1-4-19-13(18)8-5-9-16-14(15-3)17-10-6-7-12(2)11-17/h12H,4-11H2,1-3H3,(H,15,16). The fourth-order valence-electron chi connectivity index (χ4n) is 2.38. The van der Waals surface area contributed by atoms with Crippen molar-refractivity contribution < 1.29 is 9.53 Å². The van der Waals surface area contributed by atoms with Gasteiger partial charge in [0.15, 0.2) is 5.96 Å². The summed E-state index contributed by atoms with van der Waals surface area (Å²) >= 11 is 0. The molecule has 0 amide bonds. The third-order valence-corrected chi connectivity index (χ3v) is 3.31. The molecule has 1 aliphatic rings. The lowest BCUT2D eigenvalue weighted by Crippen LogP contribution is -2.46. The predicted octanol–water partition coefficient (Wildman–Crippen LogP) is 1.64. The molecule has 0 aliphatic carbocycles. The summed E-state index contributed by atoms with van der Waals surface area (Å²) in [5, 5.41) is 3.33. The maximum absolute atomic E-state index is 11.2. The van der Waals surface area contributed by atoms with E-state index in [0.717, 1.165) is 37.9 Å². The van der Waals surface area contributed by atoms with Gasteiger partial charge in [0.2, 0.25) is 0 Å². The van der Waals surface area contributed by atoms with Crippen molar-refractivity contribution in [2.75, 3.05) is 33.3 Å². The number of rotatable bonds is 5. The Bertz CT molecular complexity index is 305. The molecule has 0 spiro atoms. The Morgan fingerprint density at radius 3 is 2.95 bits per heavy atom. The van der Waals surface area contributed by atoms with Gasteiger partial charge in [0.25, 0.3) is 0 Å². The van der Waals surface area contributed by atoms with Gasteiger partial charge in [-0.25, -0.2) is 0 Å². The molecule has 5 heteroatoms. The molecule has 0 aromatic rings. The van der Waals surface area contributed by atoms with E-state index in [1.54, 1.807) is 0 Å². The van der Waals surface area contributed by atoms with Gasteiger partial charge in [-0.3, -0.25) is 9.79 Å². The zero-order valence-corrected chi connectivity index (χ0v) is 12.4. The zero-order chi connectivity index (χ0) is 14.1. The molecule has 1 saturated heterocycles. The minimum absolute atomic E-state index is 0.120. The first-order chi connectivity index (χ1) is 9.17. The van der Waals surface area contributed by atoms with Crippen LogP contribution in [-0.4, -0.2) is 50.1 Å². The average Bonchev–Trinajstić information content (AvgIpc) is 2.39. The second-order valence-corrected chi connectivity index (χ2v) is 5.08. The molecule has 1 heterocycles. The van der Waals surface area contributed by atoms with Crippen molar-refractivity contribution in [3.63, 3.8) is 0 Å². The lowest BCUT2D eigenvalue weighted by Gasteiger charge is -2.33. The summed E-state index contributed by atoms with van der Waals surface area (Å²) < 4.78 is 4.90. The molecule has 110 valence electrons. The smallest absolute Gasteiger partial charge is 0.305 e. The molecular formula is C14H27N3O2. The highest BCUT2D eigenvalue weighted by Gasteiger charge is 2.18. The number of guanidine groups is 1. The van der Waals surface area contributed by atoms with Crippen LogP contribution in [0.1, 0.15) is 39.5 Å². The maximum Gasteiger partial charge on any atom is 0.305 e. The van der Waals surface area contributed by atoms with Gasteiger partial charge in [-0.15, -0.1) is 0 Å². The second-order valence-electron chi connectivity index (χ2n) is 5.08. The quantitative estimate of drug-likeness (QED) is 0.357. The largest absolute Gasteiger partial charge is 0.466 e. The van der Waals surface area contributed by atoms with Crippen LogP contribution in [0, 0.1) is 5.92 Å². The van der Waals surface area contributed by atoms with Crippen LogP contribution in [0.15, 0.2) is 4.99 Å². The third-order valence-electron chi connectivity index (χ3n) is 3.31. The van der Waals surface area contributed by atoms with E-state index in [9.17, 15) is 4.79 Å². The van der Waals surface area contributed by atoms with E-state index in [4.69, 9.17) is 4.74 Å². The van der Waals surface area contributed by atoms with Crippen LogP contribution in [-0.2, 0) is 9.53 Å². The summed E-state index contributed by atoms with van der Waals surface area (Å²) in [5.74, 6) is 1.56. The maximum atomic E-state index is 11.2. The number of aliphatic imine (C=N–C) groups is 1. The number of piperidine rings is 1. The molecular weight excluding hydrogens is 242 g/mol. The summed E-state index contributed by atoms with van der Waals surface area (Å²) in [6.07, 6.45) is 3.77. The molecule has 1 fully saturated rings. The monoisotopic (exact) mass is 269 g/mol. The van der Waals surface area contributed by atoms with Gasteiger partial charge >= 0.3 is 5.97 Å². The van der Waals surface area contributed by atoms with Gasteiger partial charge in [-0.1, -0.05) is 6.92 Å². The van der Waals surface area contributed by atoms with Gasteiger partial charge < -0.3 is 15.0 Å². The Morgan fingerprint density at radius 1 is 1.53 bits per heavy atom. The molecule has 5 nitrogen and oxygen atoms in total. The molecule has 1 unspecified atom stereocenters. The molecule has 1 aliphatic heterocycles. The molecule has 19 heavy (non-hydrogen) atoms. The topological polar surface area (TPSA) is 53.9 Å². The normalized spacial score (nSPS) is 20.3. The van der Waals surface area contributed by atoms with Gasteiger partial charge in [0, 0.05) is 33.1 Å². The number of hydrogen-bond acceptors (Lipinski definition) is 3. The van der Waals surface area contributed by atoms with Crippen molar-refractivity contribution >= 4 is 11.9 Å². The second kappa shape index (κ2) is 8.77. The number of carbonyl (C=O) groups is 1. The van der Waals surface area contributed by atoms with Crippen LogP contribution < -0.4 is 5.32 Å². The number of ether oxygens (including phenoxy) is 1. The van der Waals surface area contributed by atoms with Crippen LogP contribution in [0.4, 0.5) is 0 Å². The first-order valence-electron chi connectivity index (χ1n) is 7.28. The SMILES string of the molecule is CCOC(=O)CCCNC(=NC)N1CCCC(C)C1. The molecule has 1 N–H and O–H groups in total. The number of likely N-dealkylation sites (tertiary alicyclic amines) is 1. The predicted molar refractivity (Wildman–Crippen MR) is 77.2 cm³/mol. The zero-order valence-electron chi connectivity index (χ0n) is 12.4. The molecule has 1 atom stereocenters. The lowest BCUT2D eigenvalue weighted by atomic mass is 10.0. The molecule has 0 saturated carbocycles. The number of nitrogens with zero attached hydrogens (tertiary/aromatic N) is 2. The van der Waals surface area contributed by atoms with E-state index in [0.29, 0.717) is 13.0 Å². The van der Waals surface area contributed by atoms with Gasteiger partial charge in [-0.2, -0.15) is 0 Å². The summed E-state index contributed by atoms with van der Waals surface area (Å²) in [6.45, 7) is 7.46. The summed E-state index contributed by atoms with van der Waals surface area (Å²) in [7, 11) is 1.81. The summed E-state index contributed by atoms with van der Waals surface area (Å²) in [6, 6.07) is 0. The van der Waals surface area contributed by atoms with Crippen LogP contribution in [0.2, 0.25) is 0 Å². The van der Waals surface area contributed by atoms with Crippen LogP contribution in [0.3, 0.4) is 0 Å². The third kappa shape index (κ3) is 5.94. The van der Waals surface area contributed by atoms with E-state index in [2.05, 4.69) is 22.1 Å². The summed E-state index contributed by atoms with van der Waals surface area (Å²) in [5.41, 5.74) is 0. The lowest BCUT2D eigenvalue weighted by molar-refractivity contribution is -0.143. The number of carbonyl (C=O) groups excluding carboxylic acids is 1. The average molecular weight is 269 g/mol. The fourth-order valence-corrected chi connectivity index (χ4v) is 2.38. The van der Waals surface area contributed by atoms with E-state index in [1.807, 2.05) is 14.0 Å². The van der Waals surface area contributed by atoms with Crippen LogP contribution in [0.25, 0.3) is 0 Å².